The fourth-order valence-corrected chi connectivity index (χ4v) is 1.31. The van der Waals surface area contributed by atoms with Crippen LogP contribution in [0, 0.1) is 0 Å². The highest BCUT2D eigenvalue weighted by Crippen LogP contribution is 1.97. The Bertz CT molecular complexity index is 186. The van der Waals surface area contributed by atoms with E-state index in [9.17, 15) is 9.59 Å². The summed E-state index contributed by atoms with van der Waals surface area (Å²) in [5.74, 6) is -0.112. The van der Waals surface area contributed by atoms with Gasteiger partial charge in [0.2, 0.25) is 5.91 Å². The summed E-state index contributed by atoms with van der Waals surface area (Å²) in [6.07, 6.45) is 0.524. The van der Waals surface area contributed by atoms with Crippen LogP contribution in [0.15, 0.2) is 0 Å². The highest BCUT2D eigenvalue weighted by molar-refractivity contribution is 7.99. The van der Waals surface area contributed by atoms with E-state index in [0.29, 0.717) is 24.5 Å². The summed E-state index contributed by atoms with van der Waals surface area (Å²) in [6.45, 7) is 0.460. The molecule has 0 radical (unpaired) electrons. The van der Waals surface area contributed by atoms with Crippen LogP contribution in [-0.4, -0.2) is 46.7 Å². The van der Waals surface area contributed by atoms with E-state index < -0.39 is 5.97 Å². The highest BCUT2D eigenvalue weighted by Gasteiger charge is 2.01. The molecule has 0 aromatic carbocycles. The molecule has 0 bridgehead atoms. The van der Waals surface area contributed by atoms with Gasteiger partial charge in [0.05, 0.1) is 12.4 Å². The summed E-state index contributed by atoms with van der Waals surface area (Å²) in [6, 6.07) is 0. The van der Waals surface area contributed by atoms with E-state index in [-0.39, 0.29) is 18.9 Å². The molecule has 0 aromatic rings. The van der Waals surface area contributed by atoms with E-state index >= 15 is 0 Å². The second-order valence-electron chi connectivity index (χ2n) is 2.62. The molecule has 5 nitrogen and oxygen atoms in total. The number of aliphatic hydroxyl groups is 1. The molecule has 0 aromatic heterocycles. The van der Waals surface area contributed by atoms with Crippen molar-refractivity contribution < 1.29 is 19.8 Å². The zero-order valence-corrected chi connectivity index (χ0v) is 8.68. The summed E-state index contributed by atoms with van der Waals surface area (Å²) in [7, 11) is 0. The first-order valence-electron chi connectivity index (χ1n) is 4.34. The molecule has 0 aliphatic carbocycles. The van der Waals surface area contributed by atoms with Gasteiger partial charge in [-0.25, -0.2) is 0 Å². The lowest BCUT2D eigenvalue weighted by Gasteiger charge is -2.02. The van der Waals surface area contributed by atoms with Gasteiger partial charge >= 0.3 is 5.97 Å². The molecule has 0 atom stereocenters. The summed E-state index contributed by atoms with van der Waals surface area (Å²) in [5.41, 5.74) is 0. The van der Waals surface area contributed by atoms with Gasteiger partial charge in [0, 0.05) is 18.7 Å². The molecule has 0 fully saturated rings. The van der Waals surface area contributed by atoms with Crippen LogP contribution in [0.4, 0.5) is 0 Å². The number of carboxylic acids is 1. The molecule has 6 heteroatoms. The number of hydrogen-bond donors (Lipinski definition) is 3. The number of hydrogen-bond acceptors (Lipinski definition) is 4. The third-order valence-electron chi connectivity index (χ3n) is 1.36. The standard InChI is InChI=1S/C8H15NO4S/c10-4-5-14-6-7(11)9-3-1-2-8(12)13/h10H,1-6H2,(H,9,11)(H,12,13). The van der Waals surface area contributed by atoms with E-state index in [1.54, 1.807) is 0 Å². The SMILES string of the molecule is O=C(O)CCCNC(=O)CSCCO. The normalized spacial score (nSPS) is 9.79. The Morgan fingerprint density at radius 3 is 2.64 bits per heavy atom. The Labute approximate surface area is 86.9 Å². The first-order chi connectivity index (χ1) is 6.66. The molecule has 14 heavy (non-hydrogen) atoms. The lowest BCUT2D eigenvalue weighted by Crippen LogP contribution is -2.26. The Hall–Kier alpha value is -0.750. The van der Waals surface area contributed by atoms with Gasteiger partial charge in [-0.1, -0.05) is 0 Å². The molecule has 0 spiro atoms. The third-order valence-corrected chi connectivity index (χ3v) is 2.30. The van der Waals surface area contributed by atoms with E-state index in [1.807, 2.05) is 0 Å². The number of aliphatic hydroxyl groups excluding tert-OH is 1. The maximum absolute atomic E-state index is 11.0. The fourth-order valence-electron chi connectivity index (χ4n) is 0.748. The van der Waals surface area contributed by atoms with Crippen LogP contribution in [0.25, 0.3) is 0 Å². The van der Waals surface area contributed by atoms with Crippen molar-refractivity contribution in [1.29, 1.82) is 0 Å². The van der Waals surface area contributed by atoms with Crippen molar-refractivity contribution in [3.8, 4) is 0 Å². The first-order valence-corrected chi connectivity index (χ1v) is 5.49. The second-order valence-corrected chi connectivity index (χ2v) is 3.73. The fraction of sp³-hybridized carbons (Fsp3) is 0.750. The number of carboxylic acid groups (broad SMARTS) is 1. The molecule has 0 unspecified atom stereocenters. The Morgan fingerprint density at radius 2 is 2.07 bits per heavy atom. The number of thioether (sulfide) groups is 1. The van der Waals surface area contributed by atoms with Crippen molar-refractivity contribution in [1.82, 2.24) is 5.32 Å². The number of carbonyl (C=O) groups is 2. The van der Waals surface area contributed by atoms with Gasteiger partial charge in [0.1, 0.15) is 0 Å². The highest BCUT2D eigenvalue weighted by atomic mass is 32.2. The molecule has 0 aliphatic rings. The number of carbonyl (C=O) groups excluding carboxylic acids is 1. The maximum atomic E-state index is 11.0. The van der Waals surface area contributed by atoms with Gasteiger partial charge in [-0.2, -0.15) is 0 Å². The molecule has 82 valence electrons. The van der Waals surface area contributed by atoms with Crippen molar-refractivity contribution in [2.45, 2.75) is 12.8 Å². The number of rotatable bonds is 8. The van der Waals surface area contributed by atoms with Gasteiger partial charge in [-0.3, -0.25) is 9.59 Å². The third kappa shape index (κ3) is 9.34. The van der Waals surface area contributed by atoms with Crippen LogP contribution in [0.3, 0.4) is 0 Å². The van der Waals surface area contributed by atoms with Crippen molar-refractivity contribution in [2.75, 3.05) is 24.7 Å². The average Bonchev–Trinajstić information content (AvgIpc) is 2.13. The number of amides is 1. The Balaban J connectivity index is 3.22. The van der Waals surface area contributed by atoms with Gasteiger partial charge in [-0.05, 0) is 6.42 Å². The number of aliphatic carboxylic acids is 1. The van der Waals surface area contributed by atoms with Crippen LogP contribution in [0.2, 0.25) is 0 Å². The van der Waals surface area contributed by atoms with Crippen LogP contribution in [-0.2, 0) is 9.59 Å². The van der Waals surface area contributed by atoms with Crippen molar-refractivity contribution in [2.24, 2.45) is 0 Å². The lowest BCUT2D eigenvalue weighted by molar-refractivity contribution is -0.137. The van der Waals surface area contributed by atoms with Gasteiger partial charge < -0.3 is 15.5 Å². The molecule has 0 aliphatic heterocycles. The van der Waals surface area contributed by atoms with E-state index in [4.69, 9.17) is 10.2 Å². The van der Waals surface area contributed by atoms with Crippen molar-refractivity contribution in [3.63, 3.8) is 0 Å². The Kier molecular flexibility index (Phi) is 8.36. The average molecular weight is 221 g/mol. The minimum Gasteiger partial charge on any atom is -0.481 e. The van der Waals surface area contributed by atoms with Gasteiger partial charge in [-0.15, -0.1) is 11.8 Å². The predicted molar refractivity (Wildman–Crippen MR) is 54.3 cm³/mol. The van der Waals surface area contributed by atoms with Crippen LogP contribution >= 0.6 is 11.8 Å². The monoisotopic (exact) mass is 221 g/mol. The smallest absolute Gasteiger partial charge is 0.303 e. The van der Waals surface area contributed by atoms with Crippen LogP contribution < -0.4 is 5.32 Å². The zero-order chi connectivity index (χ0) is 10.8. The first kappa shape index (κ1) is 13.2. The molecule has 0 rings (SSSR count). The number of nitrogens with one attached hydrogen (secondary N) is 1. The van der Waals surface area contributed by atoms with E-state index in [2.05, 4.69) is 5.32 Å². The predicted octanol–water partition coefficient (Wildman–Crippen LogP) is -0.307. The summed E-state index contributed by atoms with van der Waals surface area (Å²) < 4.78 is 0. The lowest BCUT2D eigenvalue weighted by atomic mass is 10.3. The molecule has 0 saturated heterocycles. The van der Waals surface area contributed by atoms with Crippen molar-refractivity contribution in [3.05, 3.63) is 0 Å². The summed E-state index contributed by atoms with van der Waals surface area (Å²) >= 11 is 1.35. The molecule has 1 amide bonds. The van der Waals surface area contributed by atoms with Gasteiger partial charge in [0.25, 0.3) is 0 Å². The second kappa shape index (κ2) is 8.83. The van der Waals surface area contributed by atoms with E-state index in [0.717, 1.165) is 0 Å². The van der Waals surface area contributed by atoms with Crippen molar-refractivity contribution >= 4 is 23.6 Å². The summed E-state index contributed by atoms with van der Waals surface area (Å²) in [5, 5.41) is 19.3. The van der Waals surface area contributed by atoms with Gasteiger partial charge in [0.15, 0.2) is 0 Å². The summed E-state index contributed by atoms with van der Waals surface area (Å²) in [4.78, 5) is 21.1. The minimum absolute atomic E-state index is 0.0664. The maximum Gasteiger partial charge on any atom is 0.303 e. The molecule has 3 N–H and O–H groups in total. The Morgan fingerprint density at radius 1 is 1.36 bits per heavy atom. The molecular formula is C8H15NO4S. The molecule has 0 saturated carbocycles. The molecular weight excluding hydrogens is 206 g/mol. The minimum atomic E-state index is -0.853. The van der Waals surface area contributed by atoms with Crippen LogP contribution in [0.5, 0.6) is 0 Å². The quantitative estimate of drug-likeness (QED) is 0.490. The molecule has 0 heterocycles. The zero-order valence-electron chi connectivity index (χ0n) is 7.86. The van der Waals surface area contributed by atoms with E-state index in [1.165, 1.54) is 11.8 Å². The topological polar surface area (TPSA) is 86.6 Å². The largest absolute Gasteiger partial charge is 0.481 e. The van der Waals surface area contributed by atoms with Crippen LogP contribution in [0.1, 0.15) is 12.8 Å².